The van der Waals surface area contributed by atoms with Crippen LogP contribution in [0.15, 0.2) is 18.2 Å². The third-order valence-electron chi connectivity index (χ3n) is 2.94. The van der Waals surface area contributed by atoms with Crippen LogP contribution in [-0.2, 0) is 4.79 Å². The van der Waals surface area contributed by atoms with Crippen LogP contribution in [0.4, 0.5) is 10.1 Å². The highest BCUT2D eigenvalue weighted by atomic mass is 19.1. The van der Waals surface area contributed by atoms with Crippen molar-refractivity contribution in [3.05, 3.63) is 29.6 Å². The Kier molecular flexibility index (Phi) is 3.08. The first-order chi connectivity index (χ1) is 7.68. The normalized spacial score (nSPS) is 19.4. The fourth-order valence-corrected chi connectivity index (χ4v) is 2.21. The van der Waals surface area contributed by atoms with Crippen LogP contribution in [0.1, 0.15) is 30.7 Å². The highest BCUT2D eigenvalue weighted by molar-refractivity contribution is 5.69. The summed E-state index contributed by atoms with van der Waals surface area (Å²) in [5, 5.41) is 11.9. The van der Waals surface area contributed by atoms with E-state index in [2.05, 4.69) is 5.32 Å². The summed E-state index contributed by atoms with van der Waals surface area (Å²) in [4.78, 5) is 10.8. The van der Waals surface area contributed by atoms with Gasteiger partial charge in [0.2, 0.25) is 0 Å². The third kappa shape index (κ3) is 2.15. The Balaban J connectivity index is 2.36. The van der Waals surface area contributed by atoms with Gasteiger partial charge in [0, 0.05) is 6.54 Å². The quantitative estimate of drug-likeness (QED) is 0.810. The van der Waals surface area contributed by atoms with Crippen molar-refractivity contribution in [3.63, 3.8) is 0 Å². The second-order valence-corrected chi connectivity index (χ2v) is 4.07. The lowest BCUT2D eigenvalue weighted by Gasteiger charge is -2.15. The van der Waals surface area contributed by atoms with Gasteiger partial charge in [-0.2, -0.15) is 0 Å². The van der Waals surface area contributed by atoms with E-state index in [1.165, 1.54) is 6.07 Å². The number of nitrogens with one attached hydrogen (secondary N) is 1. The minimum atomic E-state index is -0.831. The third-order valence-corrected chi connectivity index (χ3v) is 2.94. The van der Waals surface area contributed by atoms with Crippen molar-refractivity contribution in [1.82, 2.24) is 0 Å². The smallest absolute Gasteiger partial charge is 0.303 e. The molecule has 2 N–H and O–H groups in total. The zero-order valence-corrected chi connectivity index (χ0v) is 8.87. The Morgan fingerprint density at radius 3 is 3.12 bits per heavy atom. The number of carboxylic acids is 1. The Morgan fingerprint density at radius 1 is 1.56 bits per heavy atom. The van der Waals surface area contributed by atoms with E-state index in [-0.39, 0.29) is 18.2 Å². The fraction of sp³-hybridized carbons (Fsp3) is 0.417. The van der Waals surface area contributed by atoms with Gasteiger partial charge in [-0.25, -0.2) is 4.39 Å². The van der Waals surface area contributed by atoms with Gasteiger partial charge in [-0.3, -0.25) is 4.79 Å². The molecule has 0 saturated carbocycles. The summed E-state index contributed by atoms with van der Waals surface area (Å²) < 4.78 is 13.6. The van der Waals surface area contributed by atoms with Crippen molar-refractivity contribution in [2.24, 2.45) is 0 Å². The number of aliphatic carboxylic acids is 1. The molecule has 4 heteroatoms. The molecule has 1 aromatic carbocycles. The maximum atomic E-state index is 13.6. The number of carboxylic acid groups (broad SMARTS) is 1. The molecular weight excluding hydrogens is 209 g/mol. The van der Waals surface area contributed by atoms with E-state index in [9.17, 15) is 9.18 Å². The molecule has 0 fully saturated rings. The highest BCUT2D eigenvalue weighted by Gasteiger charge is 2.22. The fourth-order valence-electron chi connectivity index (χ4n) is 2.21. The number of carbonyl (C=O) groups is 1. The Morgan fingerprint density at radius 2 is 2.38 bits per heavy atom. The standard InChI is InChI=1S/C12H14FNO2/c13-10-5-1-4-9-8(7-11(15)16)3-2-6-14-12(9)10/h1,4-5,8,14H,2-3,6-7H2,(H,15,16). The number of para-hydroxylation sites is 1. The lowest BCUT2D eigenvalue weighted by Crippen LogP contribution is -2.07. The van der Waals surface area contributed by atoms with E-state index >= 15 is 0 Å². The van der Waals surface area contributed by atoms with Gasteiger partial charge in [-0.05, 0) is 30.4 Å². The number of anilines is 1. The van der Waals surface area contributed by atoms with Gasteiger partial charge in [0.1, 0.15) is 5.82 Å². The molecule has 1 aliphatic rings. The second kappa shape index (κ2) is 4.51. The summed E-state index contributed by atoms with van der Waals surface area (Å²) in [7, 11) is 0. The van der Waals surface area contributed by atoms with Crippen LogP contribution in [0.2, 0.25) is 0 Å². The lowest BCUT2D eigenvalue weighted by molar-refractivity contribution is -0.137. The summed E-state index contributed by atoms with van der Waals surface area (Å²) in [6.45, 7) is 0.698. The predicted molar refractivity (Wildman–Crippen MR) is 59.1 cm³/mol. The molecule has 1 atom stereocenters. The molecule has 1 unspecified atom stereocenters. The molecule has 1 aliphatic heterocycles. The Labute approximate surface area is 93.3 Å². The molecule has 0 bridgehead atoms. The van der Waals surface area contributed by atoms with Crippen molar-refractivity contribution in [2.45, 2.75) is 25.2 Å². The van der Waals surface area contributed by atoms with Crippen molar-refractivity contribution in [3.8, 4) is 0 Å². The molecule has 0 spiro atoms. The van der Waals surface area contributed by atoms with E-state index in [4.69, 9.17) is 5.11 Å². The molecule has 1 heterocycles. The van der Waals surface area contributed by atoms with Crippen molar-refractivity contribution >= 4 is 11.7 Å². The largest absolute Gasteiger partial charge is 0.481 e. The molecule has 1 aromatic rings. The van der Waals surface area contributed by atoms with Gasteiger partial charge in [0.15, 0.2) is 0 Å². The highest BCUT2D eigenvalue weighted by Crippen LogP contribution is 2.34. The van der Waals surface area contributed by atoms with E-state index in [1.54, 1.807) is 6.07 Å². The van der Waals surface area contributed by atoms with Crippen LogP contribution < -0.4 is 5.32 Å². The van der Waals surface area contributed by atoms with Crippen LogP contribution in [0, 0.1) is 5.82 Å². The lowest BCUT2D eigenvalue weighted by atomic mass is 9.91. The van der Waals surface area contributed by atoms with Crippen LogP contribution >= 0.6 is 0 Å². The van der Waals surface area contributed by atoms with Crippen molar-refractivity contribution in [1.29, 1.82) is 0 Å². The summed E-state index contributed by atoms with van der Waals surface area (Å²) in [6, 6.07) is 4.84. The Bertz CT molecular complexity index is 406. The first kappa shape index (κ1) is 10.9. The van der Waals surface area contributed by atoms with Crippen LogP contribution in [0.3, 0.4) is 0 Å². The molecule has 16 heavy (non-hydrogen) atoms. The number of benzene rings is 1. The Hall–Kier alpha value is -1.58. The maximum absolute atomic E-state index is 13.6. The number of hydrogen-bond donors (Lipinski definition) is 2. The molecule has 86 valence electrons. The van der Waals surface area contributed by atoms with Crippen LogP contribution in [0.5, 0.6) is 0 Å². The van der Waals surface area contributed by atoms with Gasteiger partial charge in [-0.15, -0.1) is 0 Å². The minimum Gasteiger partial charge on any atom is -0.481 e. The zero-order valence-electron chi connectivity index (χ0n) is 8.87. The average Bonchev–Trinajstić information content (AvgIpc) is 2.42. The second-order valence-electron chi connectivity index (χ2n) is 4.07. The average molecular weight is 223 g/mol. The monoisotopic (exact) mass is 223 g/mol. The van der Waals surface area contributed by atoms with Crippen molar-refractivity contribution < 1.29 is 14.3 Å². The van der Waals surface area contributed by atoms with Gasteiger partial charge in [0.05, 0.1) is 12.1 Å². The number of hydrogen-bond acceptors (Lipinski definition) is 2. The predicted octanol–water partition coefficient (Wildman–Crippen LogP) is 2.59. The summed E-state index contributed by atoms with van der Waals surface area (Å²) in [5.74, 6) is -1.21. The molecule has 0 saturated heterocycles. The molecule has 0 aromatic heterocycles. The zero-order chi connectivity index (χ0) is 11.5. The first-order valence-corrected chi connectivity index (χ1v) is 5.42. The number of fused-ring (bicyclic) bond motifs is 1. The van der Waals surface area contributed by atoms with Gasteiger partial charge >= 0.3 is 5.97 Å². The van der Waals surface area contributed by atoms with E-state index in [0.717, 1.165) is 18.4 Å². The molecule has 3 nitrogen and oxygen atoms in total. The van der Waals surface area contributed by atoms with Crippen LogP contribution in [-0.4, -0.2) is 17.6 Å². The van der Waals surface area contributed by atoms with Gasteiger partial charge in [-0.1, -0.05) is 12.1 Å². The molecule has 2 rings (SSSR count). The number of halogens is 1. The number of rotatable bonds is 2. The van der Waals surface area contributed by atoms with E-state index in [1.807, 2.05) is 6.07 Å². The molecule has 0 radical (unpaired) electrons. The first-order valence-electron chi connectivity index (χ1n) is 5.42. The summed E-state index contributed by atoms with van der Waals surface area (Å²) >= 11 is 0. The molecule has 0 aliphatic carbocycles. The van der Waals surface area contributed by atoms with Crippen molar-refractivity contribution in [2.75, 3.05) is 11.9 Å². The summed E-state index contributed by atoms with van der Waals surface area (Å²) in [6.07, 6.45) is 1.72. The SMILES string of the molecule is O=C(O)CC1CCCNc2c(F)cccc21. The minimum absolute atomic E-state index is 0.0676. The summed E-state index contributed by atoms with van der Waals surface area (Å²) in [5.41, 5.74) is 1.27. The van der Waals surface area contributed by atoms with Crippen LogP contribution in [0.25, 0.3) is 0 Å². The van der Waals surface area contributed by atoms with E-state index < -0.39 is 5.97 Å². The topological polar surface area (TPSA) is 49.3 Å². The molecule has 0 amide bonds. The van der Waals surface area contributed by atoms with Gasteiger partial charge in [0.25, 0.3) is 0 Å². The molecular formula is C12H14FNO2. The van der Waals surface area contributed by atoms with Gasteiger partial charge < -0.3 is 10.4 Å². The van der Waals surface area contributed by atoms with E-state index in [0.29, 0.717) is 12.2 Å². The maximum Gasteiger partial charge on any atom is 0.303 e.